The number of carbonyl (C=O) groups excluding carboxylic acids is 1. The molecule has 1 heterocycles. The molecule has 0 saturated carbocycles. The van der Waals surface area contributed by atoms with Crippen molar-refractivity contribution in [1.29, 1.82) is 0 Å². The van der Waals surface area contributed by atoms with Crippen molar-refractivity contribution in [2.75, 3.05) is 25.2 Å². The Balaban J connectivity index is 2.47. The van der Waals surface area contributed by atoms with Gasteiger partial charge in [-0.3, -0.25) is 4.39 Å². The van der Waals surface area contributed by atoms with Crippen LogP contribution in [0.25, 0.3) is 0 Å². The Bertz CT molecular complexity index is 657. The molecular weight excluding hydrogens is 287 g/mol. The minimum Gasteiger partial charge on any atom is -0.465 e. The number of alkyl halides is 1. The molecule has 0 N–H and O–H groups in total. The molecule has 20 heavy (non-hydrogen) atoms. The number of methoxy groups -OCH3 is 1. The van der Waals surface area contributed by atoms with Crippen molar-refractivity contribution >= 4 is 28.0 Å². The number of hydrogen-bond donors (Lipinski definition) is 0. The fourth-order valence-corrected chi connectivity index (χ4v) is 2.93. The van der Waals surface area contributed by atoms with Crippen LogP contribution in [-0.2, 0) is 14.8 Å². The summed E-state index contributed by atoms with van der Waals surface area (Å²) in [5, 5.41) is 0. The summed E-state index contributed by atoms with van der Waals surface area (Å²) in [4.78, 5) is 12.9. The van der Waals surface area contributed by atoms with Crippen molar-refractivity contribution in [3.05, 3.63) is 23.8 Å². The molecule has 1 aromatic carbocycles. The van der Waals surface area contributed by atoms with Crippen molar-refractivity contribution in [2.24, 2.45) is 4.40 Å². The molecule has 8 heteroatoms. The second-order valence-electron chi connectivity index (χ2n) is 4.11. The zero-order chi connectivity index (χ0) is 14.8. The van der Waals surface area contributed by atoms with Gasteiger partial charge in [0.1, 0.15) is 11.2 Å². The number of esters is 1. The Hall–Kier alpha value is -1.96. The highest BCUT2D eigenvalue weighted by Crippen LogP contribution is 2.30. The highest BCUT2D eigenvalue weighted by Gasteiger charge is 2.26. The number of benzene rings is 1. The lowest BCUT2D eigenvalue weighted by Crippen LogP contribution is -2.28. The average molecular weight is 300 g/mol. The molecule has 0 unspecified atom stereocenters. The van der Waals surface area contributed by atoms with Gasteiger partial charge in [0.05, 0.1) is 25.0 Å². The Morgan fingerprint density at radius 1 is 1.45 bits per heavy atom. The van der Waals surface area contributed by atoms with Gasteiger partial charge in [0.25, 0.3) is 10.0 Å². The van der Waals surface area contributed by atoms with Gasteiger partial charge in [-0.2, -0.15) is 8.42 Å². The number of fused-ring (bicyclic) bond motifs is 1. The molecule has 6 nitrogen and oxygen atoms in total. The molecule has 0 fully saturated rings. The molecule has 0 aliphatic carbocycles. The van der Waals surface area contributed by atoms with Crippen LogP contribution >= 0.6 is 0 Å². The molecule has 0 radical (unpaired) electrons. The summed E-state index contributed by atoms with van der Waals surface area (Å²) in [5.41, 5.74) is 0.499. The molecule has 0 bridgehead atoms. The van der Waals surface area contributed by atoms with Gasteiger partial charge in [0.15, 0.2) is 0 Å². The van der Waals surface area contributed by atoms with Crippen molar-refractivity contribution in [2.45, 2.75) is 11.3 Å². The molecule has 1 aliphatic rings. The Morgan fingerprint density at radius 2 is 2.20 bits per heavy atom. The zero-order valence-electron chi connectivity index (χ0n) is 10.7. The van der Waals surface area contributed by atoms with Crippen LogP contribution in [0.5, 0.6) is 0 Å². The topological polar surface area (TPSA) is 76.0 Å². The monoisotopic (exact) mass is 300 g/mol. The number of carbonyl (C=O) groups is 1. The molecule has 0 atom stereocenters. The standard InChI is InChI=1S/C12H13FN2O4S/c1-19-12(16)9-3-4-10-11(7-9)20(17,18)14-8-15(10)6-2-5-13/h3-4,7-8H,2,5-6H2,1H3. The summed E-state index contributed by atoms with van der Waals surface area (Å²) in [6.07, 6.45) is 1.41. The maximum Gasteiger partial charge on any atom is 0.337 e. The lowest BCUT2D eigenvalue weighted by molar-refractivity contribution is 0.0600. The first-order chi connectivity index (χ1) is 9.49. The van der Waals surface area contributed by atoms with Crippen LogP contribution in [0.3, 0.4) is 0 Å². The van der Waals surface area contributed by atoms with E-state index in [4.69, 9.17) is 0 Å². The minimum atomic E-state index is -3.84. The highest BCUT2D eigenvalue weighted by molar-refractivity contribution is 7.90. The van der Waals surface area contributed by atoms with E-state index in [2.05, 4.69) is 9.13 Å². The van der Waals surface area contributed by atoms with Crippen molar-refractivity contribution in [1.82, 2.24) is 0 Å². The van der Waals surface area contributed by atoms with E-state index in [0.717, 1.165) is 6.34 Å². The highest BCUT2D eigenvalue weighted by atomic mass is 32.2. The first kappa shape index (κ1) is 14.4. The van der Waals surface area contributed by atoms with Crippen LogP contribution < -0.4 is 4.90 Å². The Labute approximate surface area is 115 Å². The van der Waals surface area contributed by atoms with Crippen LogP contribution in [0, 0.1) is 0 Å². The molecule has 1 aromatic rings. The van der Waals surface area contributed by atoms with Crippen LogP contribution in [-0.4, -0.2) is 41.1 Å². The van der Waals surface area contributed by atoms with Gasteiger partial charge in [-0.05, 0) is 24.6 Å². The summed E-state index contributed by atoms with van der Waals surface area (Å²) in [6.45, 7) is -0.202. The van der Waals surface area contributed by atoms with Crippen LogP contribution in [0.15, 0.2) is 27.5 Å². The summed E-state index contributed by atoms with van der Waals surface area (Å²) < 4.78 is 44.1. The molecular formula is C12H13FN2O4S. The third-order valence-corrected chi connectivity index (χ3v) is 4.08. The van der Waals surface area contributed by atoms with Gasteiger partial charge in [0, 0.05) is 6.54 Å². The van der Waals surface area contributed by atoms with Crippen LogP contribution in [0.1, 0.15) is 16.8 Å². The normalized spacial score (nSPS) is 15.8. The van der Waals surface area contributed by atoms with E-state index in [1.54, 1.807) is 0 Å². The first-order valence-corrected chi connectivity index (χ1v) is 7.29. The van der Waals surface area contributed by atoms with Gasteiger partial charge in [-0.25, -0.2) is 4.79 Å². The predicted molar refractivity (Wildman–Crippen MR) is 71.4 cm³/mol. The Kier molecular flexibility index (Phi) is 4.03. The lowest BCUT2D eigenvalue weighted by atomic mass is 10.2. The number of rotatable bonds is 4. The SMILES string of the molecule is COC(=O)c1ccc2c(c1)S(=O)(=O)N=CN2CCCF. The number of halogens is 1. The summed E-state index contributed by atoms with van der Waals surface area (Å²) in [7, 11) is -2.63. The maximum absolute atomic E-state index is 12.2. The second-order valence-corrected chi connectivity index (χ2v) is 5.71. The number of nitrogens with zero attached hydrogens (tertiary/aromatic N) is 2. The third-order valence-electron chi connectivity index (χ3n) is 2.83. The van der Waals surface area contributed by atoms with Gasteiger partial charge in [0.2, 0.25) is 0 Å². The largest absolute Gasteiger partial charge is 0.465 e. The molecule has 1 aliphatic heterocycles. The van der Waals surface area contributed by atoms with Crippen LogP contribution in [0.2, 0.25) is 0 Å². The molecule has 108 valence electrons. The van der Waals surface area contributed by atoms with Gasteiger partial charge < -0.3 is 9.64 Å². The fraction of sp³-hybridized carbons (Fsp3) is 0.333. The summed E-state index contributed by atoms with van der Waals surface area (Å²) >= 11 is 0. The van der Waals surface area contributed by atoms with E-state index in [-0.39, 0.29) is 16.9 Å². The fourth-order valence-electron chi connectivity index (χ4n) is 1.85. The first-order valence-electron chi connectivity index (χ1n) is 5.85. The quantitative estimate of drug-likeness (QED) is 0.785. The smallest absolute Gasteiger partial charge is 0.337 e. The van der Waals surface area contributed by atoms with Crippen molar-refractivity contribution < 1.29 is 22.3 Å². The van der Waals surface area contributed by atoms with Gasteiger partial charge >= 0.3 is 5.97 Å². The Morgan fingerprint density at radius 3 is 2.85 bits per heavy atom. The minimum absolute atomic E-state index is 0.0817. The lowest BCUT2D eigenvalue weighted by Gasteiger charge is -2.24. The summed E-state index contributed by atoms with van der Waals surface area (Å²) in [6, 6.07) is 4.17. The van der Waals surface area contributed by atoms with Gasteiger partial charge in [-0.15, -0.1) is 4.40 Å². The van der Waals surface area contributed by atoms with Gasteiger partial charge in [-0.1, -0.05) is 0 Å². The van der Waals surface area contributed by atoms with Crippen molar-refractivity contribution in [3.63, 3.8) is 0 Å². The molecule has 0 spiro atoms. The molecule has 0 amide bonds. The van der Waals surface area contributed by atoms with Crippen molar-refractivity contribution in [3.8, 4) is 0 Å². The second kappa shape index (κ2) is 5.58. The number of sulfonamides is 1. The molecule has 0 aromatic heterocycles. The average Bonchev–Trinajstić information content (AvgIpc) is 2.45. The van der Waals surface area contributed by atoms with E-state index in [1.165, 1.54) is 30.2 Å². The molecule has 0 saturated heterocycles. The zero-order valence-corrected chi connectivity index (χ0v) is 11.6. The predicted octanol–water partition coefficient (Wildman–Crippen LogP) is 1.37. The maximum atomic E-state index is 12.2. The number of ether oxygens (including phenoxy) is 1. The summed E-state index contributed by atoms with van der Waals surface area (Å²) in [5.74, 6) is -0.632. The third kappa shape index (κ3) is 2.64. The molecule has 2 rings (SSSR count). The van der Waals surface area contributed by atoms with Crippen LogP contribution in [0.4, 0.5) is 10.1 Å². The van der Waals surface area contributed by atoms with E-state index in [9.17, 15) is 17.6 Å². The number of hydrogen-bond acceptors (Lipinski definition) is 5. The van der Waals surface area contributed by atoms with E-state index < -0.39 is 22.7 Å². The van der Waals surface area contributed by atoms with E-state index in [1.807, 2.05) is 0 Å². The van der Waals surface area contributed by atoms with E-state index >= 15 is 0 Å². The number of anilines is 1. The van der Waals surface area contributed by atoms with E-state index in [0.29, 0.717) is 12.2 Å².